The van der Waals surface area contributed by atoms with Crippen molar-refractivity contribution >= 4 is 29.2 Å². The predicted octanol–water partition coefficient (Wildman–Crippen LogP) is 2.84. The van der Waals surface area contributed by atoms with Gasteiger partial charge in [-0.05, 0) is 36.6 Å². The first-order valence-electron chi connectivity index (χ1n) is 10.4. The highest BCUT2D eigenvalue weighted by atomic mass is 16.5. The monoisotopic (exact) mass is 419 g/mol. The molecule has 7 nitrogen and oxygen atoms in total. The Morgan fingerprint density at radius 2 is 1.87 bits per heavy atom. The zero-order valence-electron chi connectivity index (χ0n) is 17.7. The number of esters is 1. The molecule has 0 saturated carbocycles. The number of aryl methyl sites for hydroxylation is 1. The molecular weight excluding hydrogens is 394 g/mol. The average Bonchev–Trinajstić information content (AvgIpc) is 3.42. The summed E-state index contributed by atoms with van der Waals surface area (Å²) in [5.41, 5.74) is 4.73. The molecule has 31 heavy (non-hydrogen) atoms. The molecule has 1 atom stereocenters. The summed E-state index contributed by atoms with van der Waals surface area (Å²) in [7, 11) is 0. The van der Waals surface area contributed by atoms with Gasteiger partial charge in [0.15, 0.2) is 6.61 Å². The topological polar surface area (TPSA) is 79.3 Å². The van der Waals surface area contributed by atoms with Crippen molar-refractivity contribution in [3.05, 3.63) is 65.2 Å². The summed E-state index contributed by atoms with van der Waals surface area (Å²) in [5.74, 6) is -1.59. The van der Waals surface area contributed by atoms with Crippen LogP contribution >= 0.6 is 0 Å². The van der Waals surface area contributed by atoms with Gasteiger partial charge >= 0.3 is 5.97 Å². The maximum absolute atomic E-state index is 12.5. The Hall–Kier alpha value is -3.48. The van der Waals surface area contributed by atoms with Crippen LogP contribution in [0.5, 0.6) is 0 Å². The molecule has 2 aromatic rings. The van der Waals surface area contributed by atoms with Crippen LogP contribution in [-0.4, -0.2) is 48.2 Å². The van der Waals surface area contributed by atoms with Gasteiger partial charge in [-0.2, -0.15) is 5.10 Å². The molecule has 7 heteroatoms. The molecule has 0 spiro atoms. The van der Waals surface area contributed by atoms with E-state index >= 15 is 0 Å². The molecule has 1 saturated heterocycles. The minimum absolute atomic E-state index is 0.0838. The minimum Gasteiger partial charge on any atom is -0.455 e. The van der Waals surface area contributed by atoms with E-state index in [0.29, 0.717) is 13.0 Å². The first-order chi connectivity index (χ1) is 14.9. The fourth-order valence-electron chi connectivity index (χ4n) is 3.92. The molecule has 0 bridgehead atoms. The van der Waals surface area contributed by atoms with Crippen molar-refractivity contribution < 1.29 is 19.1 Å². The third kappa shape index (κ3) is 4.35. The molecule has 2 aromatic carbocycles. The molecule has 2 aliphatic rings. The van der Waals surface area contributed by atoms with Gasteiger partial charge < -0.3 is 9.64 Å². The molecule has 0 N–H and O–H groups in total. The molecule has 2 heterocycles. The van der Waals surface area contributed by atoms with Gasteiger partial charge in [0.1, 0.15) is 0 Å². The highest BCUT2D eigenvalue weighted by Gasteiger charge is 2.37. The summed E-state index contributed by atoms with van der Waals surface area (Å²) >= 11 is 0. The lowest BCUT2D eigenvalue weighted by molar-refractivity contribution is -0.155. The summed E-state index contributed by atoms with van der Waals surface area (Å²) in [5, 5.41) is 5.71. The molecule has 0 aliphatic carbocycles. The lowest BCUT2D eigenvalue weighted by atomic mass is 10.1. The van der Waals surface area contributed by atoms with E-state index in [9.17, 15) is 14.4 Å². The van der Waals surface area contributed by atoms with Crippen LogP contribution in [0.2, 0.25) is 0 Å². The Bertz CT molecular complexity index is 1050. The number of carbonyl (C=O) groups excluding carboxylic acids is 3. The van der Waals surface area contributed by atoms with Crippen LogP contribution in [0.25, 0.3) is 0 Å². The molecule has 2 amide bonds. The smallest absolute Gasteiger partial charge is 0.311 e. The number of carbonyl (C=O) groups is 3. The molecule has 1 fully saturated rings. The number of rotatable bonds is 5. The van der Waals surface area contributed by atoms with Gasteiger partial charge in [0.2, 0.25) is 5.91 Å². The highest BCUT2D eigenvalue weighted by Crippen LogP contribution is 2.29. The zero-order chi connectivity index (χ0) is 22.0. The van der Waals surface area contributed by atoms with Crippen LogP contribution in [0.4, 0.5) is 5.69 Å². The van der Waals surface area contributed by atoms with Crippen molar-refractivity contribution in [1.82, 2.24) is 5.01 Å². The first kappa shape index (κ1) is 20.8. The quantitative estimate of drug-likeness (QED) is 0.698. The number of hydrazone groups is 1. The van der Waals surface area contributed by atoms with E-state index in [0.717, 1.165) is 28.1 Å². The normalized spacial score (nSPS) is 18.3. The van der Waals surface area contributed by atoms with Crippen LogP contribution in [0.3, 0.4) is 0 Å². The standard InChI is InChI=1S/C24H25N3O4/c1-16-7-6-10-21(17(16)2)26-14-19(13-22(26)28)24(30)31-15-23(29)27-12-11-20(25-27)18-8-4-3-5-9-18/h3-10,19H,11-15H2,1-2H3/t19-/m1/s1. The van der Waals surface area contributed by atoms with E-state index in [1.165, 1.54) is 5.01 Å². The third-order valence-corrected chi connectivity index (χ3v) is 5.86. The number of nitrogens with zero attached hydrogens (tertiary/aromatic N) is 3. The summed E-state index contributed by atoms with van der Waals surface area (Å²) in [6, 6.07) is 15.4. The van der Waals surface area contributed by atoms with Gasteiger partial charge in [0.25, 0.3) is 5.91 Å². The second kappa shape index (κ2) is 8.71. The van der Waals surface area contributed by atoms with Crippen LogP contribution in [0.15, 0.2) is 53.6 Å². The number of hydrogen-bond acceptors (Lipinski definition) is 5. The average molecular weight is 419 g/mol. The molecule has 0 unspecified atom stereocenters. The van der Waals surface area contributed by atoms with E-state index in [2.05, 4.69) is 5.10 Å². The van der Waals surface area contributed by atoms with E-state index in [4.69, 9.17) is 4.74 Å². The summed E-state index contributed by atoms with van der Waals surface area (Å²) in [6.07, 6.45) is 0.742. The van der Waals surface area contributed by atoms with Gasteiger partial charge in [0, 0.05) is 25.1 Å². The fraction of sp³-hybridized carbons (Fsp3) is 0.333. The van der Waals surface area contributed by atoms with Crippen LogP contribution in [0.1, 0.15) is 29.5 Å². The zero-order valence-corrected chi connectivity index (χ0v) is 17.7. The Labute approximate surface area is 181 Å². The highest BCUT2D eigenvalue weighted by molar-refractivity contribution is 6.03. The first-order valence-corrected chi connectivity index (χ1v) is 10.4. The SMILES string of the molecule is Cc1cccc(N2C[C@H](C(=O)OCC(=O)N3CCC(c4ccccc4)=N3)CC2=O)c1C. The van der Waals surface area contributed by atoms with Crippen LogP contribution in [0, 0.1) is 19.8 Å². The van der Waals surface area contributed by atoms with Crippen LogP contribution < -0.4 is 4.90 Å². The Morgan fingerprint density at radius 1 is 1.10 bits per heavy atom. The van der Waals surface area contributed by atoms with E-state index in [1.54, 1.807) is 4.90 Å². The molecule has 0 aromatic heterocycles. The number of anilines is 1. The number of ether oxygens (including phenoxy) is 1. The number of hydrogen-bond donors (Lipinski definition) is 0. The second-order valence-corrected chi connectivity index (χ2v) is 7.91. The van der Waals surface area contributed by atoms with Gasteiger partial charge in [-0.3, -0.25) is 14.4 Å². The van der Waals surface area contributed by atoms with Crippen molar-refractivity contribution in [1.29, 1.82) is 0 Å². The maximum Gasteiger partial charge on any atom is 0.311 e. The van der Waals surface area contributed by atoms with Crippen molar-refractivity contribution in [3.8, 4) is 0 Å². The fourth-order valence-corrected chi connectivity index (χ4v) is 3.92. The van der Waals surface area contributed by atoms with Gasteiger partial charge in [0.05, 0.1) is 18.2 Å². The summed E-state index contributed by atoms with van der Waals surface area (Å²) < 4.78 is 5.25. The lowest BCUT2D eigenvalue weighted by Crippen LogP contribution is -2.31. The Morgan fingerprint density at radius 3 is 2.65 bits per heavy atom. The van der Waals surface area contributed by atoms with Gasteiger partial charge in [-0.15, -0.1) is 0 Å². The molecule has 2 aliphatic heterocycles. The molecule has 4 rings (SSSR count). The minimum atomic E-state index is -0.581. The second-order valence-electron chi connectivity index (χ2n) is 7.91. The molecular formula is C24H25N3O4. The summed E-state index contributed by atoms with van der Waals surface area (Å²) in [6.45, 7) is 4.29. The number of benzene rings is 2. The van der Waals surface area contributed by atoms with E-state index in [-0.39, 0.29) is 31.4 Å². The van der Waals surface area contributed by atoms with Gasteiger partial charge in [-0.1, -0.05) is 42.5 Å². The largest absolute Gasteiger partial charge is 0.455 e. The molecule has 0 radical (unpaired) electrons. The maximum atomic E-state index is 12.5. The molecule has 160 valence electrons. The number of amides is 2. The van der Waals surface area contributed by atoms with Crippen molar-refractivity contribution in [3.63, 3.8) is 0 Å². The Balaban J connectivity index is 1.33. The Kier molecular flexibility index (Phi) is 5.84. The third-order valence-electron chi connectivity index (χ3n) is 5.86. The van der Waals surface area contributed by atoms with E-state index < -0.39 is 11.9 Å². The van der Waals surface area contributed by atoms with Crippen molar-refractivity contribution in [2.45, 2.75) is 26.7 Å². The summed E-state index contributed by atoms with van der Waals surface area (Å²) in [4.78, 5) is 39.1. The van der Waals surface area contributed by atoms with Crippen molar-refractivity contribution in [2.75, 3.05) is 24.6 Å². The van der Waals surface area contributed by atoms with Crippen LogP contribution in [-0.2, 0) is 19.1 Å². The predicted molar refractivity (Wildman–Crippen MR) is 117 cm³/mol. The van der Waals surface area contributed by atoms with Crippen molar-refractivity contribution in [2.24, 2.45) is 11.0 Å². The lowest BCUT2D eigenvalue weighted by Gasteiger charge is -2.20. The van der Waals surface area contributed by atoms with Gasteiger partial charge in [-0.25, -0.2) is 5.01 Å². The van der Waals surface area contributed by atoms with E-state index in [1.807, 2.05) is 62.4 Å².